The predicted molar refractivity (Wildman–Crippen MR) is 270 cm³/mol. The van der Waals surface area contributed by atoms with Crippen LogP contribution in [0.15, 0.2) is 41.7 Å². The highest BCUT2D eigenvalue weighted by molar-refractivity contribution is 8.77. The Morgan fingerprint density at radius 2 is 1.52 bits per heavy atom. The second-order valence-electron chi connectivity index (χ2n) is 20.2. The minimum absolute atomic E-state index is 0.00795. The quantitative estimate of drug-likeness (QED) is 0.0774. The topological polar surface area (TPSA) is 198 Å². The van der Waals surface area contributed by atoms with Gasteiger partial charge in [-0.15, -0.1) is 0 Å². The number of aliphatic hydroxyl groups excluding tert-OH is 1. The van der Waals surface area contributed by atoms with Crippen molar-refractivity contribution in [2.75, 3.05) is 41.5 Å². The van der Waals surface area contributed by atoms with Crippen molar-refractivity contribution >= 4 is 57.0 Å². The number of likely N-dealkylation sites (N-methyl/N-ethyl adjacent to an activating group) is 2. The van der Waals surface area contributed by atoms with Gasteiger partial charge in [-0.1, -0.05) is 103 Å². The van der Waals surface area contributed by atoms with Gasteiger partial charge in [0, 0.05) is 66.6 Å². The zero-order chi connectivity index (χ0) is 52.1. The molecule has 0 aliphatic carbocycles. The van der Waals surface area contributed by atoms with E-state index >= 15 is 0 Å². The van der Waals surface area contributed by atoms with Gasteiger partial charge in [0.2, 0.25) is 11.8 Å². The van der Waals surface area contributed by atoms with E-state index in [1.54, 1.807) is 38.1 Å². The monoisotopic (exact) mass is 1000 g/mol. The van der Waals surface area contributed by atoms with Crippen LogP contribution in [0.3, 0.4) is 0 Å². The lowest BCUT2D eigenvalue weighted by molar-refractivity contribution is -0.149. The van der Waals surface area contributed by atoms with Crippen LogP contribution in [0, 0.1) is 35.5 Å². The number of amides is 3. The van der Waals surface area contributed by atoms with Gasteiger partial charge in [0.15, 0.2) is 10.9 Å². The number of Topliss-reactive ketones (excluding diaryl/α,β-unsaturated/α-hetero) is 2. The summed E-state index contributed by atoms with van der Waals surface area (Å²) in [5.74, 6) is -4.10. The number of carboxylic acid groups (broad SMARTS) is 1. The molecule has 3 rings (SSSR count). The molecule has 2 N–H and O–H groups in total. The molecule has 2 heterocycles. The van der Waals surface area contributed by atoms with Crippen molar-refractivity contribution in [3.63, 3.8) is 0 Å². The first-order valence-electron chi connectivity index (χ1n) is 24.2. The normalized spacial score (nSPS) is 18.2. The van der Waals surface area contributed by atoms with Gasteiger partial charge in [-0.25, -0.2) is 14.6 Å². The molecule has 2 aromatic rings. The Hall–Kier alpha value is -3.97. The van der Waals surface area contributed by atoms with Crippen molar-refractivity contribution in [3.05, 3.63) is 47.8 Å². The van der Waals surface area contributed by atoms with Gasteiger partial charge in [0.1, 0.15) is 18.1 Å². The van der Waals surface area contributed by atoms with Crippen LogP contribution in [0.2, 0.25) is 0 Å². The van der Waals surface area contributed by atoms with Crippen LogP contribution in [-0.2, 0) is 40.4 Å². The number of likely N-dealkylation sites (tertiary alicyclic amines) is 1. The molecule has 0 spiro atoms. The number of rotatable bonds is 28. The maximum atomic E-state index is 14.7. The van der Waals surface area contributed by atoms with E-state index in [0.29, 0.717) is 24.5 Å². The summed E-state index contributed by atoms with van der Waals surface area (Å²) in [4.78, 5) is 91.0. The number of imidazole rings is 1. The first-order valence-corrected chi connectivity index (χ1v) is 26.4. The van der Waals surface area contributed by atoms with Crippen LogP contribution in [-0.4, -0.2) is 146 Å². The van der Waals surface area contributed by atoms with Crippen LogP contribution in [0.1, 0.15) is 130 Å². The van der Waals surface area contributed by atoms with Gasteiger partial charge in [-0.2, -0.15) is 0 Å². The Balaban J connectivity index is 1.73. The Kier molecular flexibility index (Phi) is 23.2. The summed E-state index contributed by atoms with van der Waals surface area (Å²) in [7, 11) is 10.6. The summed E-state index contributed by atoms with van der Waals surface area (Å²) in [5, 5.41) is 20.8. The molecule has 18 heteroatoms. The van der Waals surface area contributed by atoms with Gasteiger partial charge < -0.3 is 43.7 Å². The minimum Gasteiger partial charge on any atom is -0.477 e. The smallest absolute Gasteiger partial charge is 0.410 e. The summed E-state index contributed by atoms with van der Waals surface area (Å²) >= 11 is 0. The SMILES string of the molecule is CC[C@H](C)[C@@H]([C@@H](CC(=O)N1CCC[C@H]1[C@H](OC)[C@@H](C)C(=O)C[C@H](C)[C@@H](O)c1ccccc1)OC)N(C)C(=O)[C@@H](CC(=O)[C@H](C(C)C)N(C)C(=O)OCC(C)(C)SSc1ncc(C(=O)O)n1C)C(C)C. The molecule has 1 aliphatic rings. The number of aromatic carboxylic acids is 1. The third-order valence-corrected chi connectivity index (χ3v) is 17.0. The molecule has 1 aliphatic heterocycles. The molecule has 0 unspecified atom stereocenters. The largest absolute Gasteiger partial charge is 0.477 e. The maximum Gasteiger partial charge on any atom is 0.410 e. The molecule has 0 bridgehead atoms. The summed E-state index contributed by atoms with van der Waals surface area (Å²) in [6.45, 7) is 19.4. The average Bonchev–Trinajstić information content (AvgIpc) is 3.95. The number of ether oxygens (including phenoxy) is 3. The Bertz CT molecular complexity index is 2020. The van der Waals surface area contributed by atoms with Gasteiger partial charge in [-0.05, 0) is 66.7 Å². The van der Waals surface area contributed by atoms with Crippen LogP contribution in [0.5, 0.6) is 0 Å². The summed E-state index contributed by atoms with van der Waals surface area (Å²) < 4.78 is 18.7. The van der Waals surface area contributed by atoms with E-state index in [-0.39, 0.29) is 84.7 Å². The number of aliphatic hydroxyl groups is 1. The fraction of sp³-hybridized carbons (Fsp3) is 0.706. The number of hydrogen-bond donors (Lipinski definition) is 2. The molecule has 1 aromatic carbocycles. The first kappa shape index (κ1) is 59.3. The Morgan fingerprint density at radius 1 is 0.884 bits per heavy atom. The number of methoxy groups -OCH3 is 2. The highest BCUT2D eigenvalue weighted by atomic mass is 33.1. The van der Waals surface area contributed by atoms with E-state index in [4.69, 9.17) is 14.2 Å². The van der Waals surface area contributed by atoms with Crippen molar-refractivity contribution in [1.82, 2.24) is 24.3 Å². The van der Waals surface area contributed by atoms with E-state index in [1.165, 1.54) is 44.3 Å². The van der Waals surface area contributed by atoms with Crippen LogP contribution >= 0.6 is 21.6 Å². The zero-order valence-electron chi connectivity index (χ0n) is 43.7. The van der Waals surface area contributed by atoms with Gasteiger partial charge in [0.05, 0.1) is 53.8 Å². The number of ketones is 2. The van der Waals surface area contributed by atoms with E-state index in [1.807, 2.05) is 99.6 Å². The lowest BCUT2D eigenvalue weighted by Crippen LogP contribution is -2.54. The third-order valence-electron chi connectivity index (χ3n) is 13.8. The molecule has 1 aromatic heterocycles. The van der Waals surface area contributed by atoms with Gasteiger partial charge >= 0.3 is 12.1 Å². The van der Waals surface area contributed by atoms with Gasteiger partial charge in [-0.3, -0.25) is 19.2 Å². The van der Waals surface area contributed by atoms with Crippen LogP contribution in [0.25, 0.3) is 0 Å². The van der Waals surface area contributed by atoms with Crippen molar-refractivity contribution in [2.24, 2.45) is 42.6 Å². The molecule has 16 nitrogen and oxygen atoms in total. The standard InChI is InChI=1S/C51H81N5O11S2/c1-16-32(6)44(41(65-14)27-42(59)56-24-20-23-37(56)46(66-15)34(8)39(57)25-33(7)45(60)35-21-18-17-19-22-35)54(12)47(61)36(30(2)3)26-40(58)43(31(4)5)55(13)50(64)67-29-51(9,10)69-68-49-52-28-38(48(62)63)53(49)11/h17-19,21-22,28,30-34,36-37,41,43-46,60H,16,20,23-27,29H2,1-15H3,(H,62,63)/t32-,33-,34-,36-,37-,41+,43-,44-,45+,46+/m0/s1. The lowest BCUT2D eigenvalue weighted by Gasteiger charge is -2.41. The summed E-state index contributed by atoms with van der Waals surface area (Å²) in [5.41, 5.74) is 0.803. The van der Waals surface area contributed by atoms with Crippen molar-refractivity contribution < 1.29 is 53.2 Å². The number of carbonyl (C=O) groups excluding carboxylic acids is 5. The Morgan fingerprint density at radius 3 is 2.06 bits per heavy atom. The Labute approximate surface area is 418 Å². The minimum atomic E-state index is -1.09. The first-order chi connectivity index (χ1) is 32.3. The lowest BCUT2D eigenvalue weighted by atomic mass is 9.83. The molecule has 1 saturated heterocycles. The zero-order valence-corrected chi connectivity index (χ0v) is 45.3. The number of aromatic nitrogens is 2. The molecule has 1 fully saturated rings. The summed E-state index contributed by atoms with van der Waals surface area (Å²) in [6, 6.07) is 7.51. The maximum absolute atomic E-state index is 14.7. The molecule has 10 atom stereocenters. The van der Waals surface area contributed by atoms with Gasteiger partial charge in [0.25, 0.3) is 0 Å². The third kappa shape index (κ3) is 15.8. The number of carboxylic acids is 1. The highest BCUT2D eigenvalue weighted by Crippen LogP contribution is 2.41. The second-order valence-corrected chi connectivity index (χ2v) is 23.0. The highest BCUT2D eigenvalue weighted by Gasteiger charge is 2.44. The molecular formula is C51H81N5O11S2. The molecule has 388 valence electrons. The molecular weight excluding hydrogens is 923 g/mol. The molecule has 69 heavy (non-hydrogen) atoms. The van der Waals surface area contributed by atoms with E-state index in [9.17, 15) is 39.0 Å². The summed E-state index contributed by atoms with van der Waals surface area (Å²) in [6.07, 6.45) is 0.626. The fourth-order valence-corrected chi connectivity index (χ4v) is 11.7. The van der Waals surface area contributed by atoms with E-state index in [2.05, 4.69) is 4.98 Å². The van der Waals surface area contributed by atoms with Crippen molar-refractivity contribution in [2.45, 2.75) is 154 Å². The van der Waals surface area contributed by atoms with E-state index < -0.39 is 59.0 Å². The number of benzene rings is 1. The predicted octanol–water partition coefficient (Wildman–Crippen LogP) is 8.21. The van der Waals surface area contributed by atoms with Crippen LogP contribution < -0.4 is 0 Å². The van der Waals surface area contributed by atoms with E-state index in [0.717, 1.165) is 12.0 Å². The second kappa shape index (κ2) is 27.0. The molecule has 0 saturated carbocycles. The van der Waals surface area contributed by atoms with Crippen molar-refractivity contribution in [1.29, 1.82) is 0 Å². The van der Waals surface area contributed by atoms with Crippen molar-refractivity contribution in [3.8, 4) is 0 Å². The number of carbonyl (C=O) groups is 6. The fourth-order valence-electron chi connectivity index (χ4n) is 9.47. The molecule has 3 amide bonds. The molecule has 0 radical (unpaired) electrons. The van der Waals surface area contributed by atoms with Crippen LogP contribution in [0.4, 0.5) is 4.79 Å². The average molecular weight is 1000 g/mol. The number of hydrogen-bond acceptors (Lipinski definition) is 13. The number of nitrogens with zero attached hydrogens (tertiary/aromatic N) is 5.